The van der Waals surface area contributed by atoms with Crippen LogP contribution in [0, 0.1) is 5.41 Å². The quantitative estimate of drug-likeness (QED) is 0.239. The number of hydrogen-bond donors (Lipinski definition) is 4. The minimum atomic E-state index is -0.345. The van der Waals surface area contributed by atoms with Gasteiger partial charge in [-0.05, 0) is 36.8 Å². The molecule has 9 nitrogen and oxygen atoms in total. The van der Waals surface area contributed by atoms with Crippen LogP contribution in [0.4, 0.5) is 5.82 Å². The molecule has 2 aromatic carbocycles. The molecule has 0 spiro atoms. The lowest BCUT2D eigenvalue weighted by Gasteiger charge is -2.20. The number of carbonyl (C=O) groups is 1. The molecule has 3 heterocycles. The van der Waals surface area contributed by atoms with Gasteiger partial charge in [-0.1, -0.05) is 35.3 Å². The number of aromatic nitrogens is 3. The van der Waals surface area contributed by atoms with Crippen LogP contribution in [0.5, 0.6) is 5.75 Å². The van der Waals surface area contributed by atoms with E-state index >= 15 is 0 Å². The Kier molecular flexibility index (Phi) is 5.96. The summed E-state index contributed by atoms with van der Waals surface area (Å²) in [5.74, 6) is -0.613. The van der Waals surface area contributed by atoms with E-state index in [1.165, 1.54) is 6.20 Å². The molecule has 178 valence electrons. The maximum absolute atomic E-state index is 13.0. The number of carbonyl (C=O) groups excluding carboxylic acids is 1. The monoisotopic (exact) mass is 509 g/mol. The SMILES string of the molecule is N=C(N)c1c(Cl)cnc(N2CC[C@@H](NC(=O)c3ccc(-n4cnc5ccccc54)cc3Cl)C2)c1O. The van der Waals surface area contributed by atoms with Gasteiger partial charge in [0, 0.05) is 31.0 Å². The molecule has 1 aliphatic rings. The highest BCUT2D eigenvalue weighted by atomic mass is 35.5. The van der Waals surface area contributed by atoms with E-state index in [2.05, 4.69) is 15.3 Å². The first kappa shape index (κ1) is 22.9. The zero-order valence-corrected chi connectivity index (χ0v) is 19.9. The highest BCUT2D eigenvalue weighted by Gasteiger charge is 2.29. The van der Waals surface area contributed by atoms with E-state index in [0.29, 0.717) is 30.1 Å². The number of rotatable bonds is 5. The number of nitrogen functional groups attached to an aromatic ring is 1. The maximum Gasteiger partial charge on any atom is 0.253 e. The summed E-state index contributed by atoms with van der Waals surface area (Å²) in [6.45, 7) is 0.965. The summed E-state index contributed by atoms with van der Waals surface area (Å²) in [4.78, 5) is 23.4. The van der Waals surface area contributed by atoms with Crippen LogP contribution in [-0.2, 0) is 0 Å². The Morgan fingerprint density at radius 2 is 1.97 bits per heavy atom. The van der Waals surface area contributed by atoms with Crippen LogP contribution in [0.15, 0.2) is 55.0 Å². The summed E-state index contributed by atoms with van der Waals surface area (Å²) < 4.78 is 1.92. The molecule has 1 amide bonds. The van der Waals surface area contributed by atoms with Gasteiger partial charge in [-0.3, -0.25) is 14.8 Å². The van der Waals surface area contributed by atoms with E-state index in [4.69, 9.17) is 34.3 Å². The molecule has 0 bridgehead atoms. The van der Waals surface area contributed by atoms with Gasteiger partial charge in [-0.15, -0.1) is 0 Å². The molecule has 5 N–H and O–H groups in total. The summed E-state index contributed by atoms with van der Waals surface area (Å²) in [6.07, 6.45) is 3.71. The fourth-order valence-corrected chi connectivity index (χ4v) is 4.79. The number of aromatic hydroxyl groups is 1. The van der Waals surface area contributed by atoms with Crippen molar-refractivity contribution in [1.29, 1.82) is 5.41 Å². The number of amidine groups is 1. The van der Waals surface area contributed by atoms with Gasteiger partial charge in [-0.25, -0.2) is 9.97 Å². The molecule has 1 atom stereocenters. The largest absolute Gasteiger partial charge is 0.504 e. The van der Waals surface area contributed by atoms with Crippen LogP contribution < -0.4 is 16.0 Å². The third-order valence-electron chi connectivity index (χ3n) is 6.01. The second kappa shape index (κ2) is 9.09. The van der Waals surface area contributed by atoms with Gasteiger partial charge in [-0.2, -0.15) is 0 Å². The number of hydrogen-bond acceptors (Lipinski definition) is 6. The van der Waals surface area contributed by atoms with Crippen molar-refractivity contribution in [3.05, 3.63) is 76.2 Å². The van der Waals surface area contributed by atoms with Crippen molar-refractivity contribution in [3.63, 3.8) is 0 Å². The Labute approximate surface area is 210 Å². The Morgan fingerprint density at radius 1 is 1.17 bits per heavy atom. The molecule has 1 aliphatic heterocycles. The second-order valence-electron chi connectivity index (χ2n) is 8.24. The molecule has 0 unspecified atom stereocenters. The highest BCUT2D eigenvalue weighted by Crippen LogP contribution is 2.34. The number of imidazole rings is 1. The number of fused-ring (bicyclic) bond motifs is 1. The number of nitrogens with one attached hydrogen (secondary N) is 2. The number of halogens is 2. The van der Waals surface area contributed by atoms with Gasteiger partial charge < -0.3 is 21.1 Å². The summed E-state index contributed by atoms with van der Waals surface area (Å²) >= 11 is 12.5. The van der Waals surface area contributed by atoms with Crippen LogP contribution in [0.3, 0.4) is 0 Å². The number of pyridine rings is 1. The predicted molar refractivity (Wildman–Crippen MR) is 136 cm³/mol. The van der Waals surface area contributed by atoms with E-state index in [-0.39, 0.29) is 39.9 Å². The summed E-state index contributed by atoms with van der Waals surface area (Å²) in [5, 5.41) is 21.6. The van der Waals surface area contributed by atoms with Crippen molar-refractivity contribution >= 4 is 51.8 Å². The molecule has 35 heavy (non-hydrogen) atoms. The molecule has 5 rings (SSSR count). The fourth-order valence-electron chi connectivity index (χ4n) is 4.29. The zero-order chi connectivity index (χ0) is 24.7. The molecule has 11 heteroatoms. The average molecular weight is 510 g/mol. The lowest BCUT2D eigenvalue weighted by Crippen LogP contribution is -2.37. The Balaban J connectivity index is 1.30. The van der Waals surface area contributed by atoms with Gasteiger partial charge in [0.05, 0.1) is 32.2 Å². The van der Waals surface area contributed by atoms with Crippen LogP contribution in [0.25, 0.3) is 16.7 Å². The predicted octanol–water partition coefficient (Wildman–Crippen LogP) is 3.73. The second-order valence-corrected chi connectivity index (χ2v) is 9.05. The number of nitrogens with zero attached hydrogens (tertiary/aromatic N) is 4. The first-order valence-electron chi connectivity index (χ1n) is 10.8. The first-order chi connectivity index (χ1) is 16.8. The average Bonchev–Trinajstić information content (AvgIpc) is 3.46. The lowest BCUT2D eigenvalue weighted by molar-refractivity contribution is 0.0940. The number of amides is 1. The number of nitrogens with two attached hydrogens (primary N) is 1. The number of para-hydroxylation sites is 2. The topological polar surface area (TPSA) is 133 Å². The van der Waals surface area contributed by atoms with Gasteiger partial charge >= 0.3 is 0 Å². The van der Waals surface area contributed by atoms with Crippen molar-refractivity contribution in [2.75, 3.05) is 18.0 Å². The normalized spacial score (nSPS) is 15.5. The van der Waals surface area contributed by atoms with Crippen LogP contribution in [0.2, 0.25) is 10.0 Å². The fraction of sp³-hybridized carbons (Fsp3) is 0.167. The van der Waals surface area contributed by atoms with Gasteiger partial charge in [0.25, 0.3) is 5.91 Å². The molecule has 0 saturated carbocycles. The molecular formula is C24H21Cl2N7O2. The zero-order valence-electron chi connectivity index (χ0n) is 18.4. The van der Waals surface area contributed by atoms with E-state index in [1.807, 2.05) is 39.8 Å². The highest BCUT2D eigenvalue weighted by molar-refractivity contribution is 6.34. The molecule has 0 aliphatic carbocycles. The minimum Gasteiger partial charge on any atom is -0.504 e. The molecule has 1 fully saturated rings. The van der Waals surface area contributed by atoms with Gasteiger partial charge in [0.1, 0.15) is 12.2 Å². The third-order valence-corrected chi connectivity index (χ3v) is 6.61. The van der Waals surface area contributed by atoms with Crippen molar-refractivity contribution in [1.82, 2.24) is 19.9 Å². The number of anilines is 1. The van der Waals surface area contributed by atoms with Crippen LogP contribution >= 0.6 is 23.2 Å². The van der Waals surface area contributed by atoms with Gasteiger partial charge in [0.15, 0.2) is 11.6 Å². The lowest BCUT2D eigenvalue weighted by atomic mass is 10.1. The molecule has 4 aromatic rings. The summed E-state index contributed by atoms with van der Waals surface area (Å²) in [5.41, 5.74) is 8.57. The van der Waals surface area contributed by atoms with Crippen molar-refractivity contribution in [2.24, 2.45) is 5.73 Å². The van der Waals surface area contributed by atoms with E-state index in [1.54, 1.807) is 18.5 Å². The standard InChI is InChI=1S/C24H21Cl2N7O2/c25-16-9-14(33-12-30-18-3-1-2-4-19(18)33)5-6-15(16)24(35)31-13-7-8-32(11-13)23-21(34)20(22(27)28)17(26)10-29-23/h1-6,9-10,12-13,34H,7-8,11H2,(H3,27,28)(H,31,35)/t13-/m1/s1. The summed E-state index contributed by atoms with van der Waals surface area (Å²) in [7, 11) is 0. The van der Waals surface area contributed by atoms with Crippen LogP contribution in [0.1, 0.15) is 22.3 Å². The summed E-state index contributed by atoms with van der Waals surface area (Å²) in [6, 6.07) is 12.8. The molecule has 0 radical (unpaired) electrons. The minimum absolute atomic E-state index is 0.0432. The van der Waals surface area contributed by atoms with Gasteiger partial charge in [0.2, 0.25) is 0 Å². The molecular weight excluding hydrogens is 489 g/mol. The van der Waals surface area contributed by atoms with Crippen molar-refractivity contribution in [2.45, 2.75) is 12.5 Å². The first-order valence-corrected chi connectivity index (χ1v) is 11.6. The van der Waals surface area contributed by atoms with Crippen molar-refractivity contribution < 1.29 is 9.90 Å². The van der Waals surface area contributed by atoms with Crippen molar-refractivity contribution in [3.8, 4) is 11.4 Å². The van der Waals surface area contributed by atoms with Crippen LogP contribution in [-0.4, -0.2) is 50.5 Å². The Morgan fingerprint density at radius 3 is 2.74 bits per heavy atom. The van der Waals surface area contributed by atoms with E-state index < -0.39 is 0 Å². The molecule has 1 saturated heterocycles. The number of benzene rings is 2. The van der Waals surface area contributed by atoms with E-state index in [9.17, 15) is 9.90 Å². The smallest absolute Gasteiger partial charge is 0.253 e. The Bertz CT molecular complexity index is 1470. The van der Waals surface area contributed by atoms with E-state index in [0.717, 1.165) is 16.7 Å². The third kappa shape index (κ3) is 4.24. The Hall–Kier alpha value is -3.82. The molecule has 2 aromatic heterocycles. The maximum atomic E-state index is 13.0.